The summed E-state index contributed by atoms with van der Waals surface area (Å²) in [5, 5.41) is 5.08. The number of hydrogen-bond donors (Lipinski definition) is 3. The van der Waals surface area contributed by atoms with Crippen molar-refractivity contribution < 1.29 is 18.0 Å². The summed E-state index contributed by atoms with van der Waals surface area (Å²) in [6.45, 7) is 2.11. The van der Waals surface area contributed by atoms with Crippen LogP contribution in [-0.4, -0.2) is 39.9 Å². The molecule has 0 atom stereocenters. The predicted octanol–water partition coefficient (Wildman–Crippen LogP) is 0.778. The van der Waals surface area contributed by atoms with E-state index in [0.717, 1.165) is 25.7 Å². The van der Waals surface area contributed by atoms with E-state index in [4.69, 9.17) is 0 Å². The lowest BCUT2D eigenvalue weighted by Crippen LogP contribution is -2.42. The molecule has 24 heavy (non-hydrogen) atoms. The van der Waals surface area contributed by atoms with Crippen molar-refractivity contribution in [3.63, 3.8) is 0 Å². The Balaban J connectivity index is 2.23. The van der Waals surface area contributed by atoms with Gasteiger partial charge in [-0.05, 0) is 18.6 Å². The fourth-order valence-electron chi connectivity index (χ4n) is 1.93. The molecule has 0 fully saturated rings. The first-order valence-electron chi connectivity index (χ1n) is 8.04. The fraction of sp³-hybridized carbons (Fsp3) is 0.500. The molecule has 0 aromatic heterocycles. The quantitative estimate of drug-likeness (QED) is 0.510. The highest BCUT2D eigenvalue weighted by molar-refractivity contribution is 7.89. The van der Waals surface area contributed by atoms with Crippen molar-refractivity contribution in [1.29, 1.82) is 0 Å². The van der Waals surface area contributed by atoms with Crippen molar-refractivity contribution in [2.45, 2.75) is 37.5 Å². The van der Waals surface area contributed by atoms with Crippen LogP contribution in [0.3, 0.4) is 0 Å². The molecule has 1 rings (SSSR count). The van der Waals surface area contributed by atoms with E-state index in [1.165, 1.54) is 12.1 Å². The number of nitrogens with one attached hydrogen (secondary N) is 3. The molecule has 134 valence electrons. The number of carbonyl (C=O) groups excluding carboxylic acids is 2. The van der Waals surface area contributed by atoms with Crippen molar-refractivity contribution in [2.75, 3.05) is 19.6 Å². The second-order valence-electron chi connectivity index (χ2n) is 5.32. The first-order chi connectivity index (χ1) is 11.5. The van der Waals surface area contributed by atoms with Crippen LogP contribution in [0, 0.1) is 0 Å². The van der Waals surface area contributed by atoms with Gasteiger partial charge in [0.25, 0.3) is 0 Å². The van der Waals surface area contributed by atoms with Crippen molar-refractivity contribution >= 4 is 21.8 Å². The minimum atomic E-state index is -3.73. The van der Waals surface area contributed by atoms with Crippen LogP contribution in [0.4, 0.5) is 0 Å². The summed E-state index contributed by atoms with van der Waals surface area (Å²) >= 11 is 0. The first-order valence-corrected chi connectivity index (χ1v) is 9.52. The molecule has 0 bridgehead atoms. The Bertz CT molecular complexity index is 617. The average molecular weight is 355 g/mol. The minimum Gasteiger partial charge on any atom is -0.355 e. The SMILES string of the molecule is CCCCCCNC(=O)CNC(=O)CNS(=O)(=O)c1ccccc1. The van der Waals surface area contributed by atoms with Gasteiger partial charge >= 0.3 is 0 Å². The second-order valence-corrected chi connectivity index (χ2v) is 7.09. The Morgan fingerprint density at radius 1 is 0.917 bits per heavy atom. The monoisotopic (exact) mass is 355 g/mol. The molecule has 0 spiro atoms. The van der Waals surface area contributed by atoms with Crippen LogP contribution >= 0.6 is 0 Å². The van der Waals surface area contributed by atoms with Crippen LogP contribution in [0.5, 0.6) is 0 Å². The van der Waals surface area contributed by atoms with Gasteiger partial charge in [0.15, 0.2) is 0 Å². The van der Waals surface area contributed by atoms with Gasteiger partial charge in [-0.1, -0.05) is 44.4 Å². The van der Waals surface area contributed by atoms with E-state index in [0.29, 0.717) is 6.54 Å². The van der Waals surface area contributed by atoms with Crippen LogP contribution in [0.1, 0.15) is 32.6 Å². The molecule has 1 aromatic rings. The number of carbonyl (C=O) groups is 2. The maximum absolute atomic E-state index is 11.9. The highest BCUT2D eigenvalue weighted by atomic mass is 32.2. The summed E-state index contributed by atoms with van der Waals surface area (Å²) in [5.41, 5.74) is 0. The fourth-order valence-corrected chi connectivity index (χ4v) is 2.93. The lowest BCUT2D eigenvalue weighted by Gasteiger charge is -2.08. The smallest absolute Gasteiger partial charge is 0.241 e. The zero-order valence-corrected chi connectivity index (χ0v) is 14.7. The molecule has 7 nitrogen and oxygen atoms in total. The van der Waals surface area contributed by atoms with Gasteiger partial charge in [0.2, 0.25) is 21.8 Å². The summed E-state index contributed by atoms with van der Waals surface area (Å²) in [6, 6.07) is 7.77. The van der Waals surface area contributed by atoms with Gasteiger partial charge in [-0.2, -0.15) is 0 Å². The van der Waals surface area contributed by atoms with Crippen molar-refractivity contribution in [3.05, 3.63) is 30.3 Å². The third kappa shape index (κ3) is 8.07. The Morgan fingerprint density at radius 3 is 2.25 bits per heavy atom. The molecule has 0 saturated carbocycles. The van der Waals surface area contributed by atoms with Crippen LogP contribution in [-0.2, 0) is 19.6 Å². The van der Waals surface area contributed by atoms with Crippen molar-refractivity contribution in [1.82, 2.24) is 15.4 Å². The maximum Gasteiger partial charge on any atom is 0.241 e. The Morgan fingerprint density at radius 2 is 1.58 bits per heavy atom. The van der Waals surface area contributed by atoms with Gasteiger partial charge in [0, 0.05) is 6.54 Å². The summed E-state index contributed by atoms with van der Waals surface area (Å²) < 4.78 is 26.1. The van der Waals surface area contributed by atoms with Crippen molar-refractivity contribution in [2.24, 2.45) is 0 Å². The molecule has 0 unspecified atom stereocenters. The van der Waals surface area contributed by atoms with Gasteiger partial charge < -0.3 is 10.6 Å². The molecule has 0 heterocycles. The van der Waals surface area contributed by atoms with E-state index in [1.807, 2.05) is 0 Å². The standard InChI is InChI=1S/C16H25N3O4S/c1-2-3-4-8-11-17-15(20)12-18-16(21)13-19-24(22,23)14-9-6-5-7-10-14/h5-7,9-10,19H,2-4,8,11-13H2,1H3,(H,17,20)(H,18,21). The van der Waals surface area contributed by atoms with E-state index in [1.54, 1.807) is 18.2 Å². The van der Waals surface area contributed by atoms with Crippen LogP contribution in [0.25, 0.3) is 0 Å². The van der Waals surface area contributed by atoms with Gasteiger partial charge in [-0.25, -0.2) is 13.1 Å². The molecule has 0 aliphatic rings. The lowest BCUT2D eigenvalue weighted by molar-refractivity contribution is -0.125. The number of sulfonamides is 1. The largest absolute Gasteiger partial charge is 0.355 e. The molecule has 0 radical (unpaired) electrons. The third-order valence-electron chi connectivity index (χ3n) is 3.27. The van der Waals surface area contributed by atoms with Gasteiger partial charge in [0.05, 0.1) is 18.0 Å². The van der Waals surface area contributed by atoms with E-state index >= 15 is 0 Å². The molecule has 1 aromatic carbocycles. The Hall–Kier alpha value is -1.93. The summed E-state index contributed by atoms with van der Waals surface area (Å²) in [7, 11) is -3.73. The van der Waals surface area contributed by atoms with Crippen LogP contribution in [0.15, 0.2) is 35.2 Å². The number of unbranched alkanes of at least 4 members (excludes halogenated alkanes) is 3. The molecule has 0 saturated heterocycles. The van der Waals surface area contributed by atoms with Gasteiger partial charge in [-0.15, -0.1) is 0 Å². The second kappa shape index (κ2) is 10.8. The van der Waals surface area contributed by atoms with Crippen LogP contribution in [0.2, 0.25) is 0 Å². The summed E-state index contributed by atoms with van der Waals surface area (Å²) in [5.74, 6) is -0.846. The van der Waals surface area contributed by atoms with E-state index in [2.05, 4.69) is 22.3 Å². The summed E-state index contributed by atoms with van der Waals surface area (Å²) in [4.78, 5) is 23.2. The molecular formula is C16H25N3O4S. The van der Waals surface area contributed by atoms with Crippen molar-refractivity contribution in [3.8, 4) is 0 Å². The normalized spacial score (nSPS) is 11.0. The maximum atomic E-state index is 11.9. The first kappa shape index (κ1) is 20.1. The highest BCUT2D eigenvalue weighted by Crippen LogP contribution is 2.06. The molecule has 8 heteroatoms. The predicted molar refractivity (Wildman–Crippen MR) is 91.8 cm³/mol. The van der Waals surface area contributed by atoms with Gasteiger partial charge in [-0.3, -0.25) is 9.59 Å². The van der Waals surface area contributed by atoms with E-state index < -0.39 is 22.5 Å². The van der Waals surface area contributed by atoms with Gasteiger partial charge in [0.1, 0.15) is 0 Å². The molecule has 0 aliphatic carbocycles. The Kier molecular flexibility index (Phi) is 9.03. The van der Waals surface area contributed by atoms with Crippen LogP contribution < -0.4 is 15.4 Å². The minimum absolute atomic E-state index is 0.0858. The number of amides is 2. The molecule has 2 amide bonds. The Labute approximate surface area is 143 Å². The average Bonchev–Trinajstić information content (AvgIpc) is 2.59. The molecule has 0 aliphatic heterocycles. The van der Waals surface area contributed by atoms with E-state index in [9.17, 15) is 18.0 Å². The summed E-state index contributed by atoms with van der Waals surface area (Å²) in [6.07, 6.45) is 4.23. The highest BCUT2D eigenvalue weighted by Gasteiger charge is 2.15. The number of hydrogen-bond acceptors (Lipinski definition) is 4. The topological polar surface area (TPSA) is 104 Å². The zero-order valence-electron chi connectivity index (χ0n) is 13.9. The zero-order chi connectivity index (χ0) is 17.8. The van der Waals surface area contributed by atoms with E-state index in [-0.39, 0.29) is 17.3 Å². The third-order valence-corrected chi connectivity index (χ3v) is 4.69. The molecule has 3 N–H and O–H groups in total. The lowest BCUT2D eigenvalue weighted by atomic mass is 10.2. The molecular weight excluding hydrogens is 330 g/mol. The number of benzene rings is 1. The number of rotatable bonds is 11.